The molecule has 0 aliphatic rings. The quantitative estimate of drug-likeness (QED) is 0.665. The van der Waals surface area contributed by atoms with Gasteiger partial charge in [-0.25, -0.2) is 4.39 Å². The standard InChI is InChI=1S/C10H11FO2/c1-2-8-7-9(11)3-4-10(8)13-6-5-12/h3-5,7H,2,6H2,1H3. The van der Waals surface area contributed by atoms with E-state index in [0.717, 1.165) is 5.56 Å². The molecule has 1 aromatic carbocycles. The summed E-state index contributed by atoms with van der Waals surface area (Å²) in [4.78, 5) is 10.0. The van der Waals surface area contributed by atoms with E-state index in [2.05, 4.69) is 0 Å². The van der Waals surface area contributed by atoms with Gasteiger partial charge >= 0.3 is 0 Å². The van der Waals surface area contributed by atoms with Gasteiger partial charge in [-0.05, 0) is 30.2 Å². The van der Waals surface area contributed by atoms with Crippen LogP contribution in [0.5, 0.6) is 5.75 Å². The van der Waals surface area contributed by atoms with Crippen molar-refractivity contribution < 1.29 is 13.9 Å². The van der Waals surface area contributed by atoms with Crippen LogP contribution in [-0.4, -0.2) is 12.9 Å². The monoisotopic (exact) mass is 182 g/mol. The maximum atomic E-state index is 12.7. The molecule has 0 amide bonds. The second kappa shape index (κ2) is 4.60. The third kappa shape index (κ3) is 2.54. The minimum Gasteiger partial charge on any atom is -0.486 e. The molecule has 0 atom stereocenters. The fourth-order valence-electron chi connectivity index (χ4n) is 1.09. The van der Waals surface area contributed by atoms with Crippen LogP contribution in [0.25, 0.3) is 0 Å². The molecule has 3 heteroatoms. The second-order valence-corrected chi connectivity index (χ2v) is 2.58. The van der Waals surface area contributed by atoms with E-state index in [0.29, 0.717) is 18.5 Å². The molecule has 1 rings (SSSR count). The average molecular weight is 182 g/mol. The van der Waals surface area contributed by atoms with Gasteiger partial charge in [0.1, 0.15) is 18.2 Å². The van der Waals surface area contributed by atoms with E-state index in [9.17, 15) is 9.18 Å². The van der Waals surface area contributed by atoms with E-state index >= 15 is 0 Å². The number of rotatable bonds is 4. The minimum atomic E-state index is -0.282. The summed E-state index contributed by atoms with van der Waals surface area (Å²) in [7, 11) is 0. The molecule has 1 aromatic rings. The van der Waals surface area contributed by atoms with Gasteiger partial charge in [0.15, 0.2) is 6.29 Å². The fraction of sp³-hybridized carbons (Fsp3) is 0.300. The average Bonchev–Trinajstić information content (AvgIpc) is 2.16. The van der Waals surface area contributed by atoms with Crippen molar-refractivity contribution >= 4 is 6.29 Å². The van der Waals surface area contributed by atoms with Gasteiger partial charge in [-0.15, -0.1) is 0 Å². The number of halogens is 1. The van der Waals surface area contributed by atoms with Crippen LogP contribution < -0.4 is 4.74 Å². The Labute approximate surface area is 76.3 Å². The Morgan fingerprint density at radius 2 is 2.31 bits per heavy atom. The van der Waals surface area contributed by atoms with Crippen molar-refractivity contribution in [3.05, 3.63) is 29.6 Å². The molecule has 0 saturated heterocycles. The summed E-state index contributed by atoms with van der Waals surface area (Å²) in [5, 5.41) is 0. The van der Waals surface area contributed by atoms with Crippen LogP contribution in [0.2, 0.25) is 0 Å². The van der Waals surface area contributed by atoms with Crippen molar-refractivity contribution in [2.75, 3.05) is 6.61 Å². The van der Waals surface area contributed by atoms with Crippen LogP contribution in [0.1, 0.15) is 12.5 Å². The smallest absolute Gasteiger partial charge is 0.157 e. The summed E-state index contributed by atoms with van der Waals surface area (Å²) >= 11 is 0. The van der Waals surface area contributed by atoms with Gasteiger partial charge in [0.05, 0.1) is 0 Å². The lowest BCUT2D eigenvalue weighted by Gasteiger charge is -2.07. The van der Waals surface area contributed by atoms with Crippen LogP contribution in [0.15, 0.2) is 18.2 Å². The summed E-state index contributed by atoms with van der Waals surface area (Å²) in [5.74, 6) is 0.298. The van der Waals surface area contributed by atoms with Crippen molar-refractivity contribution in [2.45, 2.75) is 13.3 Å². The van der Waals surface area contributed by atoms with Gasteiger partial charge in [0.25, 0.3) is 0 Å². The number of hydrogen-bond acceptors (Lipinski definition) is 2. The largest absolute Gasteiger partial charge is 0.486 e. The van der Waals surface area contributed by atoms with E-state index in [4.69, 9.17) is 4.74 Å². The highest BCUT2D eigenvalue weighted by molar-refractivity contribution is 5.51. The Morgan fingerprint density at radius 1 is 1.54 bits per heavy atom. The summed E-state index contributed by atoms with van der Waals surface area (Å²) < 4.78 is 17.8. The van der Waals surface area contributed by atoms with E-state index in [1.165, 1.54) is 18.2 Å². The highest BCUT2D eigenvalue weighted by Gasteiger charge is 2.02. The van der Waals surface area contributed by atoms with Crippen molar-refractivity contribution in [1.82, 2.24) is 0 Å². The molecule has 0 radical (unpaired) electrons. The SMILES string of the molecule is CCc1cc(F)ccc1OCC=O. The molecular weight excluding hydrogens is 171 g/mol. The zero-order valence-corrected chi connectivity index (χ0v) is 7.42. The molecule has 0 bridgehead atoms. The number of aldehydes is 1. The molecule has 0 spiro atoms. The Balaban J connectivity index is 2.85. The Kier molecular flexibility index (Phi) is 3.43. The van der Waals surface area contributed by atoms with Gasteiger partial charge < -0.3 is 4.74 Å². The summed E-state index contributed by atoms with van der Waals surface area (Å²) in [6.45, 7) is 1.92. The molecule has 0 unspecified atom stereocenters. The van der Waals surface area contributed by atoms with Gasteiger partial charge in [0, 0.05) is 0 Å². The van der Waals surface area contributed by atoms with Gasteiger partial charge in [-0.2, -0.15) is 0 Å². The number of benzene rings is 1. The summed E-state index contributed by atoms with van der Waals surface area (Å²) in [5.41, 5.74) is 0.779. The van der Waals surface area contributed by atoms with Gasteiger partial charge in [-0.3, -0.25) is 4.79 Å². The molecule has 0 aromatic heterocycles. The van der Waals surface area contributed by atoms with Crippen molar-refractivity contribution in [3.8, 4) is 5.75 Å². The van der Waals surface area contributed by atoms with Crippen LogP contribution in [-0.2, 0) is 11.2 Å². The predicted octanol–water partition coefficient (Wildman–Crippen LogP) is 1.97. The number of aryl methyl sites for hydroxylation is 1. The predicted molar refractivity (Wildman–Crippen MR) is 47.3 cm³/mol. The fourth-order valence-corrected chi connectivity index (χ4v) is 1.09. The van der Waals surface area contributed by atoms with Crippen LogP contribution >= 0.6 is 0 Å². The molecule has 0 fully saturated rings. The molecule has 0 aliphatic carbocycles. The number of hydrogen-bond donors (Lipinski definition) is 0. The Morgan fingerprint density at radius 3 is 2.92 bits per heavy atom. The maximum absolute atomic E-state index is 12.7. The highest BCUT2D eigenvalue weighted by Crippen LogP contribution is 2.19. The molecule has 0 saturated carbocycles. The zero-order chi connectivity index (χ0) is 9.68. The number of carbonyl (C=O) groups excluding carboxylic acids is 1. The highest BCUT2D eigenvalue weighted by atomic mass is 19.1. The molecule has 0 heterocycles. The Bertz CT molecular complexity index is 297. The zero-order valence-electron chi connectivity index (χ0n) is 7.42. The first-order valence-corrected chi connectivity index (χ1v) is 4.12. The van der Waals surface area contributed by atoms with Crippen LogP contribution in [0, 0.1) is 5.82 Å². The van der Waals surface area contributed by atoms with E-state index < -0.39 is 0 Å². The lowest BCUT2D eigenvalue weighted by molar-refractivity contribution is -0.109. The summed E-state index contributed by atoms with van der Waals surface area (Å²) in [6, 6.07) is 4.27. The van der Waals surface area contributed by atoms with Crippen LogP contribution in [0.4, 0.5) is 4.39 Å². The normalized spacial score (nSPS) is 9.69. The Hall–Kier alpha value is -1.38. The molecule has 0 aliphatic heterocycles. The number of carbonyl (C=O) groups is 1. The molecule has 70 valence electrons. The van der Waals surface area contributed by atoms with E-state index in [1.807, 2.05) is 6.92 Å². The molecule has 13 heavy (non-hydrogen) atoms. The molecule has 0 N–H and O–H groups in total. The number of ether oxygens (including phenoxy) is 1. The third-order valence-electron chi connectivity index (χ3n) is 1.71. The van der Waals surface area contributed by atoms with Crippen molar-refractivity contribution in [2.24, 2.45) is 0 Å². The second-order valence-electron chi connectivity index (χ2n) is 2.58. The lowest BCUT2D eigenvalue weighted by atomic mass is 10.1. The first-order chi connectivity index (χ1) is 6.27. The molecular formula is C10H11FO2. The maximum Gasteiger partial charge on any atom is 0.157 e. The lowest BCUT2D eigenvalue weighted by Crippen LogP contribution is -2.00. The van der Waals surface area contributed by atoms with Crippen molar-refractivity contribution in [1.29, 1.82) is 0 Å². The topological polar surface area (TPSA) is 26.3 Å². The van der Waals surface area contributed by atoms with Gasteiger partial charge in [-0.1, -0.05) is 6.92 Å². The van der Waals surface area contributed by atoms with E-state index in [-0.39, 0.29) is 12.4 Å². The minimum absolute atomic E-state index is 0.0125. The first kappa shape index (κ1) is 9.71. The van der Waals surface area contributed by atoms with Crippen molar-refractivity contribution in [3.63, 3.8) is 0 Å². The van der Waals surface area contributed by atoms with Gasteiger partial charge in [0.2, 0.25) is 0 Å². The summed E-state index contributed by atoms with van der Waals surface area (Å²) in [6.07, 6.45) is 1.36. The first-order valence-electron chi connectivity index (χ1n) is 4.12. The molecule has 2 nitrogen and oxygen atoms in total. The van der Waals surface area contributed by atoms with Crippen LogP contribution in [0.3, 0.4) is 0 Å². The van der Waals surface area contributed by atoms with E-state index in [1.54, 1.807) is 0 Å². The third-order valence-corrected chi connectivity index (χ3v) is 1.71.